The number of benzene rings is 1. The summed E-state index contributed by atoms with van der Waals surface area (Å²) in [7, 11) is 0. The summed E-state index contributed by atoms with van der Waals surface area (Å²) < 4.78 is 18.3. The summed E-state index contributed by atoms with van der Waals surface area (Å²) in [5, 5.41) is 5.79. The molecular formula is C21H22FN3O2S. The van der Waals surface area contributed by atoms with Crippen molar-refractivity contribution in [2.75, 3.05) is 13.2 Å². The van der Waals surface area contributed by atoms with Crippen LogP contribution in [-0.4, -0.2) is 29.0 Å². The van der Waals surface area contributed by atoms with Crippen LogP contribution in [-0.2, 0) is 17.6 Å². The van der Waals surface area contributed by atoms with Gasteiger partial charge in [-0.25, -0.2) is 9.37 Å². The average molecular weight is 399 g/mol. The van der Waals surface area contributed by atoms with Crippen molar-refractivity contribution in [1.82, 2.24) is 15.3 Å². The summed E-state index contributed by atoms with van der Waals surface area (Å²) >= 11 is 1.55. The lowest BCUT2D eigenvalue weighted by Crippen LogP contribution is -2.26. The van der Waals surface area contributed by atoms with Gasteiger partial charge in [-0.15, -0.1) is 11.3 Å². The molecular weight excluding hydrogens is 377 g/mol. The number of nitrogens with zero attached hydrogens (tertiary/aromatic N) is 2. The van der Waals surface area contributed by atoms with Gasteiger partial charge >= 0.3 is 0 Å². The zero-order valence-electron chi connectivity index (χ0n) is 15.4. The van der Waals surface area contributed by atoms with Gasteiger partial charge < -0.3 is 10.1 Å². The number of ether oxygens (including phenoxy) is 1. The number of hydrogen-bond acceptors (Lipinski definition) is 5. The molecule has 2 heterocycles. The number of nitrogens with one attached hydrogen (secondary N) is 1. The van der Waals surface area contributed by atoms with Crippen LogP contribution in [0.15, 0.2) is 54.0 Å². The van der Waals surface area contributed by atoms with E-state index < -0.39 is 0 Å². The largest absolute Gasteiger partial charge is 0.494 e. The number of rotatable bonds is 10. The molecule has 0 bridgehead atoms. The Morgan fingerprint density at radius 2 is 1.96 bits per heavy atom. The maximum atomic E-state index is 12.8. The number of amides is 1. The van der Waals surface area contributed by atoms with E-state index >= 15 is 0 Å². The van der Waals surface area contributed by atoms with E-state index in [2.05, 4.69) is 15.3 Å². The molecule has 7 heteroatoms. The number of unbranched alkanes of at least 4 members (excludes halogenated alkanes) is 1. The van der Waals surface area contributed by atoms with E-state index in [0.29, 0.717) is 25.3 Å². The standard InChI is InChI=1S/C21H22FN3O2S/c22-16-6-8-19(9-7-16)27-12-4-3-11-24-20(26)13-18-15-28-21(25-18)14-17-5-1-2-10-23-17/h1-2,5-10,15H,3-4,11-14H2,(H,24,26). The quantitative estimate of drug-likeness (QED) is 0.527. The molecule has 0 atom stereocenters. The molecule has 2 aromatic heterocycles. The van der Waals surface area contributed by atoms with Crippen LogP contribution >= 0.6 is 11.3 Å². The molecule has 0 saturated heterocycles. The third-order valence-corrected chi connectivity index (χ3v) is 4.87. The van der Waals surface area contributed by atoms with E-state index in [1.165, 1.54) is 12.1 Å². The third kappa shape index (κ3) is 6.74. The molecule has 28 heavy (non-hydrogen) atoms. The summed E-state index contributed by atoms with van der Waals surface area (Å²) in [6.45, 7) is 1.13. The number of carbonyl (C=O) groups is 1. The summed E-state index contributed by atoms with van der Waals surface area (Å²) in [4.78, 5) is 20.8. The van der Waals surface area contributed by atoms with Gasteiger partial charge in [0.15, 0.2) is 0 Å². The van der Waals surface area contributed by atoms with E-state index in [9.17, 15) is 9.18 Å². The van der Waals surface area contributed by atoms with Gasteiger partial charge in [0.05, 0.1) is 23.7 Å². The van der Waals surface area contributed by atoms with Gasteiger partial charge in [-0.3, -0.25) is 9.78 Å². The van der Waals surface area contributed by atoms with Crippen molar-refractivity contribution >= 4 is 17.2 Å². The van der Waals surface area contributed by atoms with Gasteiger partial charge in [0.1, 0.15) is 11.6 Å². The predicted octanol–water partition coefficient (Wildman–Crippen LogP) is 3.79. The first-order chi connectivity index (χ1) is 13.7. The van der Waals surface area contributed by atoms with Gasteiger partial charge in [-0.2, -0.15) is 0 Å². The molecule has 3 aromatic rings. The second-order valence-corrected chi connectivity index (χ2v) is 7.21. The minimum atomic E-state index is -0.279. The molecule has 146 valence electrons. The summed E-state index contributed by atoms with van der Waals surface area (Å²) in [5.41, 5.74) is 1.75. The number of aromatic nitrogens is 2. The fraction of sp³-hybridized carbons (Fsp3) is 0.286. The first-order valence-corrected chi connectivity index (χ1v) is 10.1. The SMILES string of the molecule is O=C(Cc1csc(Cc2ccccn2)n1)NCCCCOc1ccc(F)cc1. The minimum Gasteiger partial charge on any atom is -0.494 e. The molecule has 0 fully saturated rings. The Kier molecular flexibility index (Phi) is 7.49. The van der Waals surface area contributed by atoms with Crippen molar-refractivity contribution in [2.45, 2.75) is 25.7 Å². The smallest absolute Gasteiger partial charge is 0.226 e. The van der Waals surface area contributed by atoms with Crippen molar-refractivity contribution in [3.8, 4) is 5.75 Å². The van der Waals surface area contributed by atoms with Crippen LogP contribution in [0.2, 0.25) is 0 Å². The van der Waals surface area contributed by atoms with Gasteiger partial charge in [0.25, 0.3) is 0 Å². The van der Waals surface area contributed by atoms with Crippen LogP contribution in [0.25, 0.3) is 0 Å². The molecule has 0 aliphatic carbocycles. The zero-order chi connectivity index (χ0) is 19.6. The maximum absolute atomic E-state index is 12.8. The van der Waals surface area contributed by atoms with Gasteiger partial charge in [0.2, 0.25) is 5.91 Å². The topological polar surface area (TPSA) is 64.1 Å². The molecule has 0 aliphatic heterocycles. The van der Waals surface area contributed by atoms with Crippen molar-refractivity contribution in [1.29, 1.82) is 0 Å². The molecule has 0 unspecified atom stereocenters. The minimum absolute atomic E-state index is 0.0332. The second kappa shape index (κ2) is 10.5. The first kappa shape index (κ1) is 19.9. The zero-order valence-corrected chi connectivity index (χ0v) is 16.3. The lowest BCUT2D eigenvalue weighted by molar-refractivity contribution is -0.120. The Balaban J connectivity index is 1.30. The van der Waals surface area contributed by atoms with Crippen LogP contribution in [0.1, 0.15) is 29.2 Å². The van der Waals surface area contributed by atoms with Crippen LogP contribution in [0.3, 0.4) is 0 Å². The first-order valence-electron chi connectivity index (χ1n) is 9.17. The Morgan fingerprint density at radius 3 is 2.75 bits per heavy atom. The fourth-order valence-electron chi connectivity index (χ4n) is 2.57. The average Bonchev–Trinajstić information content (AvgIpc) is 3.13. The van der Waals surface area contributed by atoms with Crippen molar-refractivity contribution in [2.24, 2.45) is 0 Å². The summed E-state index contributed by atoms with van der Waals surface area (Å²) in [5.74, 6) is 0.337. The number of hydrogen-bond donors (Lipinski definition) is 1. The van der Waals surface area contributed by atoms with E-state index in [0.717, 1.165) is 29.2 Å². The Morgan fingerprint density at radius 1 is 1.11 bits per heavy atom. The molecule has 0 spiro atoms. The molecule has 1 N–H and O–H groups in total. The summed E-state index contributed by atoms with van der Waals surface area (Å²) in [6, 6.07) is 11.8. The monoisotopic (exact) mass is 399 g/mol. The van der Waals surface area contributed by atoms with Crippen LogP contribution in [0.5, 0.6) is 5.75 Å². The lowest BCUT2D eigenvalue weighted by Gasteiger charge is -2.07. The number of carbonyl (C=O) groups excluding carboxylic acids is 1. The fourth-order valence-corrected chi connectivity index (χ4v) is 3.38. The highest BCUT2D eigenvalue weighted by molar-refractivity contribution is 7.09. The highest BCUT2D eigenvalue weighted by Gasteiger charge is 2.08. The van der Waals surface area contributed by atoms with E-state index in [1.807, 2.05) is 23.6 Å². The third-order valence-electron chi connectivity index (χ3n) is 3.98. The number of halogens is 1. The van der Waals surface area contributed by atoms with Crippen LogP contribution in [0, 0.1) is 5.82 Å². The molecule has 1 amide bonds. The Labute approximate surface area is 167 Å². The van der Waals surface area contributed by atoms with Crippen LogP contribution < -0.4 is 10.1 Å². The predicted molar refractivity (Wildman–Crippen MR) is 107 cm³/mol. The van der Waals surface area contributed by atoms with Gasteiger partial charge in [0, 0.05) is 30.2 Å². The van der Waals surface area contributed by atoms with Gasteiger partial charge in [-0.05, 0) is 49.2 Å². The molecule has 0 radical (unpaired) electrons. The molecule has 0 aliphatic rings. The van der Waals surface area contributed by atoms with Crippen molar-refractivity contribution in [3.63, 3.8) is 0 Å². The normalized spacial score (nSPS) is 10.6. The second-order valence-electron chi connectivity index (χ2n) is 6.27. The number of thiazole rings is 1. The lowest BCUT2D eigenvalue weighted by atomic mass is 10.2. The van der Waals surface area contributed by atoms with E-state index in [1.54, 1.807) is 29.7 Å². The molecule has 3 rings (SSSR count). The van der Waals surface area contributed by atoms with Crippen molar-refractivity contribution in [3.05, 3.63) is 76.3 Å². The van der Waals surface area contributed by atoms with E-state index in [4.69, 9.17) is 4.74 Å². The Bertz CT molecular complexity index is 869. The molecule has 1 aromatic carbocycles. The molecule has 0 saturated carbocycles. The highest BCUT2D eigenvalue weighted by Crippen LogP contribution is 2.14. The van der Waals surface area contributed by atoms with E-state index in [-0.39, 0.29) is 18.1 Å². The summed E-state index contributed by atoms with van der Waals surface area (Å²) in [6.07, 6.45) is 4.35. The maximum Gasteiger partial charge on any atom is 0.226 e. The molecule has 5 nitrogen and oxygen atoms in total. The van der Waals surface area contributed by atoms with Crippen LogP contribution in [0.4, 0.5) is 4.39 Å². The van der Waals surface area contributed by atoms with Crippen molar-refractivity contribution < 1.29 is 13.9 Å². The van der Waals surface area contributed by atoms with Gasteiger partial charge in [-0.1, -0.05) is 6.07 Å². The number of pyridine rings is 1. The Hall–Kier alpha value is -2.80. The highest BCUT2D eigenvalue weighted by atomic mass is 32.1.